The number of halogens is 1. The van der Waals surface area contributed by atoms with Gasteiger partial charge in [-0.15, -0.1) is 0 Å². The fourth-order valence-electron chi connectivity index (χ4n) is 1.65. The van der Waals surface area contributed by atoms with Gasteiger partial charge in [-0.3, -0.25) is 24.6 Å². The zero-order valence-electron chi connectivity index (χ0n) is 11.2. The summed E-state index contributed by atoms with van der Waals surface area (Å²) in [5, 5.41) is 7.06. The van der Waals surface area contributed by atoms with Crippen LogP contribution in [0.15, 0.2) is 29.4 Å². The first kappa shape index (κ1) is 15.6. The van der Waals surface area contributed by atoms with Gasteiger partial charge in [0.05, 0.1) is 6.54 Å². The van der Waals surface area contributed by atoms with E-state index in [4.69, 9.17) is 11.6 Å². The molecule has 1 fully saturated rings. The fraction of sp³-hybridized carbons (Fsp3) is 0.154. The first-order valence-electron chi connectivity index (χ1n) is 6.15. The quantitative estimate of drug-likeness (QED) is 0.271. The summed E-state index contributed by atoms with van der Waals surface area (Å²) in [6.07, 6.45) is 1.41. The molecule has 0 aliphatic carbocycles. The van der Waals surface area contributed by atoms with E-state index >= 15 is 0 Å². The molecule has 1 aliphatic heterocycles. The smallest absolute Gasteiger partial charge is 0.296 e. The lowest BCUT2D eigenvalue weighted by molar-refractivity contribution is -0.118. The Hall–Kier alpha value is -2.74. The summed E-state index contributed by atoms with van der Waals surface area (Å²) in [6.45, 7) is -0.481. The van der Waals surface area contributed by atoms with Gasteiger partial charge in [0.2, 0.25) is 12.3 Å². The molecule has 0 radical (unpaired) electrons. The van der Waals surface area contributed by atoms with Gasteiger partial charge in [0.25, 0.3) is 0 Å². The van der Waals surface area contributed by atoms with Crippen molar-refractivity contribution in [2.24, 2.45) is 5.10 Å². The standard InChI is InChI=1S/C13H11ClN4O4/c14-10-3-1-9(2-4-10)11(20)5-17(8-19)7-15-18-6-12(21)16-13(18)22/h1-4,7-8H,5-6H2,(H,16,21,22)/b15-7+. The van der Waals surface area contributed by atoms with Gasteiger partial charge in [0.15, 0.2) is 5.78 Å². The number of ketones is 1. The van der Waals surface area contributed by atoms with Gasteiger partial charge in [0.1, 0.15) is 12.9 Å². The summed E-state index contributed by atoms with van der Waals surface area (Å²) in [5.74, 6) is -0.811. The minimum atomic E-state index is -0.684. The molecule has 22 heavy (non-hydrogen) atoms. The molecule has 1 N–H and O–H groups in total. The Morgan fingerprint density at radius 2 is 2.05 bits per heavy atom. The summed E-state index contributed by atoms with van der Waals surface area (Å²) >= 11 is 5.73. The van der Waals surface area contributed by atoms with Crippen LogP contribution in [0, 0.1) is 0 Å². The number of amides is 4. The number of hydrogen-bond acceptors (Lipinski definition) is 5. The Bertz CT molecular complexity index is 644. The zero-order chi connectivity index (χ0) is 16.1. The molecule has 4 amide bonds. The van der Waals surface area contributed by atoms with Crippen LogP contribution in [0.5, 0.6) is 0 Å². The molecule has 1 aromatic carbocycles. The molecule has 1 aliphatic rings. The van der Waals surface area contributed by atoms with Crippen molar-refractivity contribution in [1.82, 2.24) is 15.2 Å². The average molecular weight is 323 g/mol. The Labute approximate surface area is 130 Å². The summed E-state index contributed by atoms with van der Waals surface area (Å²) in [7, 11) is 0. The van der Waals surface area contributed by atoms with Crippen LogP contribution in [-0.2, 0) is 9.59 Å². The molecule has 2 rings (SSSR count). The van der Waals surface area contributed by atoms with Crippen molar-refractivity contribution in [3.63, 3.8) is 0 Å². The topological polar surface area (TPSA) is 99.2 Å². The van der Waals surface area contributed by atoms with Gasteiger partial charge >= 0.3 is 6.03 Å². The number of hydrogen-bond donors (Lipinski definition) is 1. The summed E-state index contributed by atoms with van der Waals surface area (Å²) in [5.41, 5.74) is 0.388. The van der Waals surface area contributed by atoms with E-state index in [0.29, 0.717) is 17.0 Å². The van der Waals surface area contributed by atoms with E-state index in [0.717, 1.165) is 16.2 Å². The number of nitrogens with zero attached hydrogens (tertiary/aromatic N) is 3. The predicted molar refractivity (Wildman–Crippen MR) is 77.3 cm³/mol. The molecule has 1 saturated heterocycles. The van der Waals surface area contributed by atoms with E-state index < -0.39 is 11.9 Å². The Kier molecular flexibility index (Phi) is 4.84. The van der Waals surface area contributed by atoms with Crippen LogP contribution in [0.4, 0.5) is 4.79 Å². The summed E-state index contributed by atoms with van der Waals surface area (Å²) < 4.78 is 0. The third kappa shape index (κ3) is 3.89. The monoisotopic (exact) mass is 322 g/mol. The number of carbonyl (C=O) groups is 4. The first-order chi connectivity index (χ1) is 10.5. The highest BCUT2D eigenvalue weighted by molar-refractivity contribution is 6.30. The Balaban J connectivity index is 1.98. The lowest BCUT2D eigenvalue weighted by atomic mass is 10.1. The second-order valence-corrected chi connectivity index (χ2v) is 4.79. The molecule has 0 unspecified atom stereocenters. The van der Waals surface area contributed by atoms with E-state index in [-0.39, 0.29) is 18.9 Å². The van der Waals surface area contributed by atoms with Crippen molar-refractivity contribution in [3.8, 4) is 0 Å². The molecule has 1 aromatic rings. The molecule has 0 aromatic heterocycles. The number of carbonyl (C=O) groups excluding carboxylic acids is 4. The SMILES string of the molecule is O=CN(/C=N/N1CC(=O)NC1=O)CC(=O)c1ccc(Cl)cc1. The number of Topliss-reactive ketones (excluding diaryl/α,β-unsaturated/α-hetero) is 1. The highest BCUT2D eigenvalue weighted by Gasteiger charge is 2.26. The van der Waals surface area contributed by atoms with E-state index in [2.05, 4.69) is 5.10 Å². The number of urea groups is 1. The van der Waals surface area contributed by atoms with Crippen molar-refractivity contribution < 1.29 is 19.2 Å². The van der Waals surface area contributed by atoms with Crippen molar-refractivity contribution in [3.05, 3.63) is 34.9 Å². The molecule has 9 heteroatoms. The van der Waals surface area contributed by atoms with Gasteiger partial charge in [-0.2, -0.15) is 5.10 Å². The molecule has 0 saturated carbocycles. The van der Waals surface area contributed by atoms with Crippen molar-refractivity contribution in [2.75, 3.05) is 13.1 Å². The van der Waals surface area contributed by atoms with Crippen LogP contribution in [0.2, 0.25) is 5.02 Å². The molecule has 114 valence electrons. The molecular weight excluding hydrogens is 312 g/mol. The second-order valence-electron chi connectivity index (χ2n) is 4.35. The van der Waals surface area contributed by atoms with Crippen molar-refractivity contribution >= 4 is 42.1 Å². The normalized spacial score (nSPS) is 14.3. The largest absolute Gasteiger partial charge is 0.345 e. The Morgan fingerprint density at radius 3 is 2.59 bits per heavy atom. The minimum Gasteiger partial charge on any atom is -0.296 e. The van der Waals surface area contributed by atoms with Crippen LogP contribution < -0.4 is 5.32 Å². The molecule has 1 heterocycles. The van der Waals surface area contributed by atoms with Gasteiger partial charge in [-0.25, -0.2) is 9.80 Å². The van der Waals surface area contributed by atoms with Gasteiger partial charge in [0, 0.05) is 10.6 Å². The van der Waals surface area contributed by atoms with Gasteiger partial charge in [-0.1, -0.05) is 11.6 Å². The minimum absolute atomic E-state index is 0.229. The van der Waals surface area contributed by atoms with E-state index in [9.17, 15) is 19.2 Å². The van der Waals surface area contributed by atoms with Crippen LogP contribution in [-0.4, -0.2) is 53.5 Å². The molecule has 8 nitrogen and oxygen atoms in total. The number of benzene rings is 1. The molecule has 0 atom stereocenters. The number of hydrazone groups is 1. The van der Waals surface area contributed by atoms with Crippen LogP contribution in [0.25, 0.3) is 0 Å². The van der Waals surface area contributed by atoms with Crippen LogP contribution >= 0.6 is 11.6 Å². The summed E-state index contributed by atoms with van der Waals surface area (Å²) in [6, 6.07) is 5.52. The van der Waals surface area contributed by atoms with E-state index in [1.807, 2.05) is 5.32 Å². The molecule has 0 bridgehead atoms. The van der Waals surface area contributed by atoms with E-state index in [1.54, 1.807) is 12.1 Å². The highest BCUT2D eigenvalue weighted by Crippen LogP contribution is 2.10. The third-order valence-corrected chi connectivity index (χ3v) is 2.99. The first-order valence-corrected chi connectivity index (χ1v) is 6.52. The Morgan fingerprint density at radius 1 is 1.36 bits per heavy atom. The van der Waals surface area contributed by atoms with E-state index in [1.165, 1.54) is 12.1 Å². The van der Waals surface area contributed by atoms with Crippen LogP contribution in [0.1, 0.15) is 10.4 Å². The van der Waals surface area contributed by atoms with Gasteiger partial charge < -0.3 is 0 Å². The maximum Gasteiger partial charge on any atom is 0.345 e. The maximum absolute atomic E-state index is 12.0. The molecule has 0 spiro atoms. The summed E-state index contributed by atoms with van der Waals surface area (Å²) in [4.78, 5) is 46.1. The lowest BCUT2D eigenvalue weighted by Crippen LogP contribution is -2.30. The maximum atomic E-state index is 12.0. The number of rotatable bonds is 6. The second kappa shape index (κ2) is 6.81. The van der Waals surface area contributed by atoms with Crippen LogP contribution in [0.3, 0.4) is 0 Å². The predicted octanol–water partition coefficient (Wildman–Crippen LogP) is 0.476. The van der Waals surface area contributed by atoms with Crippen molar-refractivity contribution in [1.29, 1.82) is 0 Å². The lowest BCUT2D eigenvalue weighted by Gasteiger charge is -2.12. The van der Waals surface area contributed by atoms with Gasteiger partial charge in [-0.05, 0) is 24.3 Å². The average Bonchev–Trinajstić information content (AvgIpc) is 2.81. The highest BCUT2D eigenvalue weighted by atomic mass is 35.5. The third-order valence-electron chi connectivity index (χ3n) is 2.74. The molecular formula is C13H11ClN4O4. The zero-order valence-corrected chi connectivity index (χ0v) is 12.0. The number of imide groups is 1. The number of nitrogens with one attached hydrogen (secondary N) is 1. The fourth-order valence-corrected chi connectivity index (χ4v) is 1.78. The van der Waals surface area contributed by atoms with Crippen molar-refractivity contribution in [2.45, 2.75) is 0 Å².